The average Bonchev–Trinajstić information content (AvgIpc) is 3.07. The zero-order valence-corrected chi connectivity index (χ0v) is 31.4. The number of rotatable bonds is 37. The average molecular weight is 664 g/mol. The number of aliphatic hydroxyl groups excluding tert-OH is 3. The largest absolute Gasteiger partial charge is 0.394 e. The lowest BCUT2D eigenvalue weighted by atomic mass is 10.0. The number of hydrogen-bond donors (Lipinski definition) is 4. The van der Waals surface area contributed by atoms with E-state index >= 15 is 0 Å². The quantitative estimate of drug-likeness (QED) is 0.0393. The molecule has 0 spiro atoms. The highest BCUT2D eigenvalue weighted by Gasteiger charge is 2.22. The topological polar surface area (TPSA) is 89.8 Å². The fourth-order valence-corrected chi connectivity index (χ4v) is 6.24. The number of carbonyl (C=O) groups is 1. The van der Waals surface area contributed by atoms with Crippen LogP contribution in [0.5, 0.6) is 0 Å². The molecule has 0 aromatic carbocycles. The van der Waals surface area contributed by atoms with E-state index in [4.69, 9.17) is 0 Å². The van der Waals surface area contributed by atoms with E-state index in [-0.39, 0.29) is 6.61 Å². The fourth-order valence-electron chi connectivity index (χ4n) is 6.24. The van der Waals surface area contributed by atoms with E-state index in [2.05, 4.69) is 31.3 Å². The molecule has 0 aromatic rings. The maximum Gasteiger partial charge on any atom is 0.249 e. The summed E-state index contributed by atoms with van der Waals surface area (Å²) in [5.74, 6) is -0.520. The standard InChI is InChI=1S/C42H81NO4/c1-3-5-7-9-11-13-15-17-18-19-20-21-22-23-24-25-27-28-30-32-34-36-40(45)39(38-44)43-42(47)41(46)37-35-33-31-29-26-16-14-12-10-8-6-4-2/h26,29,34,36,39-41,44-46H,3-25,27-28,30-33,35,37-38H2,1-2H3,(H,43,47)/b29-26-,36-34+. The van der Waals surface area contributed by atoms with Crippen LogP contribution in [0.3, 0.4) is 0 Å². The molecule has 0 aliphatic rings. The summed E-state index contributed by atoms with van der Waals surface area (Å²) in [5, 5.41) is 33.0. The van der Waals surface area contributed by atoms with Gasteiger partial charge in [-0.2, -0.15) is 0 Å². The van der Waals surface area contributed by atoms with E-state index in [0.717, 1.165) is 38.5 Å². The molecule has 5 heteroatoms. The first kappa shape index (κ1) is 45.8. The zero-order valence-electron chi connectivity index (χ0n) is 31.4. The summed E-state index contributed by atoms with van der Waals surface area (Å²) in [7, 11) is 0. The summed E-state index contributed by atoms with van der Waals surface area (Å²) in [6, 6.07) is -0.802. The van der Waals surface area contributed by atoms with Crippen molar-refractivity contribution in [1.29, 1.82) is 0 Å². The summed E-state index contributed by atoms with van der Waals surface area (Å²) >= 11 is 0. The van der Waals surface area contributed by atoms with Gasteiger partial charge in [0.1, 0.15) is 6.10 Å². The van der Waals surface area contributed by atoms with Gasteiger partial charge in [0.05, 0.1) is 18.8 Å². The second-order valence-corrected chi connectivity index (χ2v) is 14.2. The van der Waals surface area contributed by atoms with Crippen LogP contribution in [0, 0.1) is 0 Å². The molecule has 0 fully saturated rings. The third-order valence-electron chi connectivity index (χ3n) is 9.54. The van der Waals surface area contributed by atoms with Gasteiger partial charge in [0.2, 0.25) is 5.91 Å². The Morgan fingerprint density at radius 1 is 0.511 bits per heavy atom. The molecule has 0 aliphatic heterocycles. The van der Waals surface area contributed by atoms with E-state index in [9.17, 15) is 20.1 Å². The Labute approximate surface area is 292 Å². The van der Waals surface area contributed by atoms with Crippen molar-refractivity contribution in [3.8, 4) is 0 Å². The van der Waals surface area contributed by atoms with Gasteiger partial charge < -0.3 is 20.6 Å². The van der Waals surface area contributed by atoms with Gasteiger partial charge in [-0.05, 0) is 44.9 Å². The van der Waals surface area contributed by atoms with Crippen LogP contribution in [0.25, 0.3) is 0 Å². The maximum atomic E-state index is 12.4. The van der Waals surface area contributed by atoms with Gasteiger partial charge in [-0.3, -0.25) is 4.79 Å². The molecule has 0 heterocycles. The van der Waals surface area contributed by atoms with Crippen molar-refractivity contribution in [2.75, 3.05) is 6.61 Å². The Morgan fingerprint density at radius 2 is 0.851 bits per heavy atom. The maximum absolute atomic E-state index is 12.4. The predicted octanol–water partition coefficient (Wildman–Crippen LogP) is 11.4. The molecular formula is C42H81NO4. The van der Waals surface area contributed by atoms with Gasteiger partial charge in [-0.25, -0.2) is 0 Å². The first-order valence-electron chi connectivity index (χ1n) is 20.7. The van der Waals surface area contributed by atoms with Crippen molar-refractivity contribution in [3.05, 3.63) is 24.3 Å². The second-order valence-electron chi connectivity index (χ2n) is 14.2. The summed E-state index contributed by atoms with van der Waals surface area (Å²) in [6.07, 6.45) is 44.9. The molecule has 5 nitrogen and oxygen atoms in total. The lowest BCUT2D eigenvalue weighted by Crippen LogP contribution is -2.48. The molecule has 0 aromatic heterocycles. The van der Waals surface area contributed by atoms with Crippen molar-refractivity contribution >= 4 is 5.91 Å². The SMILES string of the molecule is CCCCCCCC/C=C\CCCCC(O)C(=O)NC(CO)C(O)/C=C/CCCCCCCCCCCCCCCCCCCCC. The number of amides is 1. The van der Waals surface area contributed by atoms with Crippen LogP contribution < -0.4 is 5.32 Å². The molecule has 0 rings (SSSR count). The van der Waals surface area contributed by atoms with Crippen LogP contribution >= 0.6 is 0 Å². The van der Waals surface area contributed by atoms with Crippen LogP contribution in [-0.2, 0) is 4.79 Å². The predicted molar refractivity (Wildman–Crippen MR) is 204 cm³/mol. The lowest BCUT2D eigenvalue weighted by Gasteiger charge is -2.21. The normalized spacial score (nSPS) is 13.9. The molecule has 278 valence electrons. The number of carbonyl (C=O) groups excluding carboxylic acids is 1. The second kappa shape index (κ2) is 37.6. The van der Waals surface area contributed by atoms with Crippen LogP contribution in [0.1, 0.15) is 213 Å². The summed E-state index contributed by atoms with van der Waals surface area (Å²) in [6.45, 7) is 4.16. The minimum absolute atomic E-state index is 0.368. The molecule has 0 saturated carbocycles. The first-order valence-corrected chi connectivity index (χ1v) is 20.7. The Hall–Kier alpha value is -1.17. The minimum Gasteiger partial charge on any atom is -0.394 e. The number of unbranched alkanes of at least 4 members (excludes halogenated alkanes) is 27. The Morgan fingerprint density at radius 3 is 1.23 bits per heavy atom. The van der Waals surface area contributed by atoms with Crippen molar-refractivity contribution in [2.24, 2.45) is 0 Å². The Balaban J connectivity index is 3.68. The van der Waals surface area contributed by atoms with Gasteiger partial charge in [0, 0.05) is 0 Å². The molecule has 0 bridgehead atoms. The number of aliphatic hydroxyl groups is 3. The summed E-state index contributed by atoms with van der Waals surface area (Å²) in [5.41, 5.74) is 0. The molecule has 0 aliphatic carbocycles. The van der Waals surface area contributed by atoms with E-state index in [0.29, 0.717) is 6.42 Å². The van der Waals surface area contributed by atoms with E-state index in [1.165, 1.54) is 154 Å². The first-order chi connectivity index (χ1) is 23.1. The number of hydrogen-bond acceptors (Lipinski definition) is 4. The van der Waals surface area contributed by atoms with Gasteiger partial charge in [0.25, 0.3) is 0 Å². The minimum atomic E-state index is -1.11. The molecule has 0 saturated heterocycles. The van der Waals surface area contributed by atoms with Crippen molar-refractivity contribution in [1.82, 2.24) is 5.32 Å². The fraction of sp³-hybridized carbons (Fsp3) is 0.881. The third-order valence-corrected chi connectivity index (χ3v) is 9.54. The van der Waals surface area contributed by atoms with Crippen LogP contribution in [-0.4, -0.2) is 46.1 Å². The molecule has 47 heavy (non-hydrogen) atoms. The van der Waals surface area contributed by atoms with E-state index in [1.54, 1.807) is 6.08 Å². The molecule has 1 amide bonds. The van der Waals surface area contributed by atoms with Gasteiger partial charge >= 0.3 is 0 Å². The third kappa shape index (κ3) is 33.1. The highest BCUT2D eigenvalue weighted by molar-refractivity contribution is 5.80. The van der Waals surface area contributed by atoms with E-state index < -0.39 is 24.2 Å². The number of allylic oxidation sites excluding steroid dienone is 3. The smallest absolute Gasteiger partial charge is 0.249 e. The van der Waals surface area contributed by atoms with Crippen LogP contribution in [0.4, 0.5) is 0 Å². The number of nitrogens with one attached hydrogen (secondary N) is 1. The van der Waals surface area contributed by atoms with Gasteiger partial charge in [-0.15, -0.1) is 0 Å². The van der Waals surface area contributed by atoms with E-state index in [1.807, 2.05) is 6.08 Å². The Bertz CT molecular complexity index is 694. The summed E-state index contributed by atoms with van der Waals surface area (Å²) in [4.78, 5) is 12.4. The zero-order chi connectivity index (χ0) is 34.5. The molecule has 3 unspecified atom stereocenters. The van der Waals surface area contributed by atoms with Crippen molar-refractivity contribution in [2.45, 2.75) is 231 Å². The van der Waals surface area contributed by atoms with Crippen LogP contribution in [0.15, 0.2) is 24.3 Å². The monoisotopic (exact) mass is 664 g/mol. The van der Waals surface area contributed by atoms with Crippen molar-refractivity contribution < 1.29 is 20.1 Å². The highest BCUT2D eigenvalue weighted by atomic mass is 16.3. The van der Waals surface area contributed by atoms with Gasteiger partial charge in [0.15, 0.2) is 0 Å². The summed E-state index contributed by atoms with van der Waals surface area (Å²) < 4.78 is 0. The molecule has 4 N–H and O–H groups in total. The van der Waals surface area contributed by atoms with Crippen molar-refractivity contribution in [3.63, 3.8) is 0 Å². The molecule has 3 atom stereocenters. The molecule has 0 radical (unpaired) electrons. The van der Waals surface area contributed by atoms with Gasteiger partial charge in [-0.1, -0.05) is 192 Å². The lowest BCUT2D eigenvalue weighted by molar-refractivity contribution is -0.131. The highest BCUT2D eigenvalue weighted by Crippen LogP contribution is 2.15. The van der Waals surface area contributed by atoms with Crippen LogP contribution in [0.2, 0.25) is 0 Å². The Kier molecular flexibility index (Phi) is 36.7. The molecular weight excluding hydrogens is 582 g/mol.